The maximum Gasteiger partial charge on any atom is 0.191 e. The van der Waals surface area contributed by atoms with Gasteiger partial charge in [-0.15, -0.1) is 35.7 Å². The molecule has 1 aromatic carbocycles. The van der Waals surface area contributed by atoms with E-state index < -0.39 is 0 Å². The summed E-state index contributed by atoms with van der Waals surface area (Å²) in [5, 5.41) is 7.35. The van der Waals surface area contributed by atoms with Gasteiger partial charge in [-0.1, -0.05) is 25.1 Å². The zero-order valence-corrected chi connectivity index (χ0v) is 20.3. The summed E-state index contributed by atoms with van der Waals surface area (Å²) in [7, 11) is 2.20. The Labute approximate surface area is 186 Å². The molecule has 1 heterocycles. The van der Waals surface area contributed by atoms with E-state index in [1.54, 1.807) is 0 Å². The third kappa shape index (κ3) is 9.49. The molecule has 0 spiro atoms. The van der Waals surface area contributed by atoms with Crippen molar-refractivity contribution in [1.29, 1.82) is 0 Å². The van der Waals surface area contributed by atoms with Crippen molar-refractivity contribution >= 4 is 41.7 Å². The third-order valence-electron chi connectivity index (χ3n) is 4.66. The molecule has 7 heteroatoms. The molecule has 1 aromatic rings. The Balaban J connectivity index is 0.00000364. The lowest BCUT2D eigenvalue weighted by atomic mass is 10.2. The van der Waals surface area contributed by atoms with Crippen LogP contribution < -0.4 is 10.6 Å². The minimum absolute atomic E-state index is 0. The van der Waals surface area contributed by atoms with Crippen LogP contribution in [0.4, 0.5) is 0 Å². The van der Waals surface area contributed by atoms with E-state index in [1.165, 1.54) is 4.90 Å². The third-order valence-corrected chi connectivity index (χ3v) is 5.77. The van der Waals surface area contributed by atoms with Crippen LogP contribution >= 0.6 is 35.7 Å². The molecule has 0 bridgehead atoms. The van der Waals surface area contributed by atoms with Crippen molar-refractivity contribution in [3.05, 3.63) is 30.3 Å². The zero-order chi connectivity index (χ0) is 18.8. The van der Waals surface area contributed by atoms with E-state index in [0.717, 1.165) is 51.8 Å². The zero-order valence-electron chi connectivity index (χ0n) is 17.1. The number of likely N-dealkylation sites (N-methyl/N-ethyl adjacent to an activating group) is 1. The van der Waals surface area contributed by atoms with Gasteiger partial charge >= 0.3 is 0 Å². The van der Waals surface area contributed by atoms with Crippen molar-refractivity contribution in [3.8, 4) is 0 Å². The van der Waals surface area contributed by atoms with Crippen molar-refractivity contribution < 1.29 is 0 Å². The molecule has 2 rings (SSSR count). The number of rotatable bonds is 8. The summed E-state index contributed by atoms with van der Waals surface area (Å²) < 4.78 is 0. The maximum absolute atomic E-state index is 4.82. The van der Waals surface area contributed by atoms with Crippen molar-refractivity contribution in [3.63, 3.8) is 0 Å². The second-order valence-corrected chi connectivity index (χ2v) is 8.54. The van der Waals surface area contributed by atoms with Crippen molar-refractivity contribution in [1.82, 2.24) is 20.4 Å². The van der Waals surface area contributed by atoms with Crippen LogP contribution in [-0.2, 0) is 0 Å². The second kappa shape index (κ2) is 13.6. The van der Waals surface area contributed by atoms with Gasteiger partial charge in [0.15, 0.2) is 5.96 Å². The molecule has 0 aromatic heterocycles. The van der Waals surface area contributed by atoms with Gasteiger partial charge in [0.25, 0.3) is 0 Å². The number of hydrogen-bond acceptors (Lipinski definition) is 4. The molecule has 2 unspecified atom stereocenters. The summed E-state index contributed by atoms with van der Waals surface area (Å²) in [6.45, 7) is 13.9. The molecule has 1 saturated heterocycles. The molecule has 0 aliphatic carbocycles. The number of guanidine groups is 1. The Bertz CT molecular complexity index is 534. The number of halogens is 1. The van der Waals surface area contributed by atoms with Crippen LogP contribution in [0.5, 0.6) is 0 Å². The minimum atomic E-state index is 0. The SMILES string of the molecule is CCNC(=NCC(C)N1CCN(C)CC1)NCC(C)Sc1ccccc1.I. The summed E-state index contributed by atoms with van der Waals surface area (Å²) in [6, 6.07) is 11.1. The minimum Gasteiger partial charge on any atom is -0.357 e. The molecule has 154 valence electrons. The van der Waals surface area contributed by atoms with Gasteiger partial charge in [0.2, 0.25) is 0 Å². The normalized spacial score (nSPS) is 18.4. The van der Waals surface area contributed by atoms with Gasteiger partial charge in [0.05, 0.1) is 6.54 Å². The number of hydrogen-bond donors (Lipinski definition) is 2. The number of aliphatic imine (C=N–C) groups is 1. The lowest BCUT2D eigenvalue weighted by Gasteiger charge is -2.35. The fourth-order valence-electron chi connectivity index (χ4n) is 2.96. The molecular weight excluding hydrogens is 469 g/mol. The first kappa shape index (κ1) is 24.5. The average Bonchev–Trinajstić information content (AvgIpc) is 2.65. The summed E-state index contributed by atoms with van der Waals surface area (Å²) in [6.07, 6.45) is 0. The molecule has 1 aliphatic heterocycles. The van der Waals surface area contributed by atoms with E-state index in [2.05, 4.69) is 78.6 Å². The van der Waals surface area contributed by atoms with E-state index in [4.69, 9.17) is 4.99 Å². The van der Waals surface area contributed by atoms with E-state index >= 15 is 0 Å². The van der Waals surface area contributed by atoms with Gasteiger partial charge in [-0.3, -0.25) is 9.89 Å². The molecular formula is C20H36IN5S. The first-order valence-electron chi connectivity index (χ1n) is 9.75. The lowest BCUT2D eigenvalue weighted by molar-refractivity contribution is 0.122. The molecule has 0 radical (unpaired) electrons. The fourth-order valence-corrected chi connectivity index (χ4v) is 3.90. The number of nitrogens with one attached hydrogen (secondary N) is 2. The summed E-state index contributed by atoms with van der Waals surface area (Å²) >= 11 is 1.89. The molecule has 0 amide bonds. The highest BCUT2D eigenvalue weighted by molar-refractivity contribution is 14.0. The van der Waals surface area contributed by atoms with Gasteiger partial charge in [-0.25, -0.2) is 0 Å². The largest absolute Gasteiger partial charge is 0.357 e. The first-order chi connectivity index (χ1) is 12.6. The highest BCUT2D eigenvalue weighted by Crippen LogP contribution is 2.21. The quantitative estimate of drug-likeness (QED) is 0.246. The number of benzene rings is 1. The van der Waals surface area contributed by atoms with Gasteiger partial charge in [-0.2, -0.15) is 0 Å². The standard InChI is InChI=1S/C20H35N5S.HI/c1-5-21-20(22-15-17(2)25-13-11-24(4)12-14-25)23-16-18(3)26-19-9-7-6-8-10-19;/h6-10,17-18H,5,11-16H2,1-4H3,(H2,21,22,23);1H. The second-order valence-electron chi connectivity index (χ2n) is 7.03. The molecule has 0 saturated carbocycles. The van der Waals surface area contributed by atoms with Crippen LogP contribution in [0.15, 0.2) is 40.2 Å². The van der Waals surface area contributed by atoms with Crippen LogP contribution in [0.25, 0.3) is 0 Å². The summed E-state index contributed by atoms with van der Waals surface area (Å²) in [5.41, 5.74) is 0. The molecule has 1 aliphatic rings. The number of piperazine rings is 1. The van der Waals surface area contributed by atoms with Crippen molar-refractivity contribution in [2.45, 2.75) is 37.0 Å². The summed E-state index contributed by atoms with van der Waals surface area (Å²) in [5.74, 6) is 0.925. The van der Waals surface area contributed by atoms with Gasteiger partial charge in [0, 0.05) is 55.5 Å². The Kier molecular flexibility index (Phi) is 12.4. The Morgan fingerprint density at radius 3 is 2.41 bits per heavy atom. The van der Waals surface area contributed by atoms with Gasteiger partial charge < -0.3 is 15.5 Å². The summed E-state index contributed by atoms with van der Waals surface area (Å²) in [4.78, 5) is 11.1. The fraction of sp³-hybridized carbons (Fsp3) is 0.650. The maximum atomic E-state index is 4.82. The topological polar surface area (TPSA) is 42.9 Å². The molecule has 1 fully saturated rings. The number of thioether (sulfide) groups is 1. The average molecular weight is 506 g/mol. The Hall–Kier alpha value is -0.510. The highest BCUT2D eigenvalue weighted by atomic mass is 127. The van der Waals surface area contributed by atoms with E-state index in [9.17, 15) is 0 Å². The van der Waals surface area contributed by atoms with E-state index in [-0.39, 0.29) is 24.0 Å². The smallest absolute Gasteiger partial charge is 0.191 e. The highest BCUT2D eigenvalue weighted by Gasteiger charge is 2.18. The van der Waals surface area contributed by atoms with E-state index in [1.807, 2.05) is 11.8 Å². The predicted molar refractivity (Wildman–Crippen MR) is 130 cm³/mol. The van der Waals surface area contributed by atoms with Crippen molar-refractivity contribution in [2.75, 3.05) is 52.9 Å². The lowest BCUT2D eigenvalue weighted by Crippen LogP contribution is -2.49. The van der Waals surface area contributed by atoms with Crippen LogP contribution in [-0.4, -0.2) is 79.9 Å². The van der Waals surface area contributed by atoms with E-state index in [0.29, 0.717) is 11.3 Å². The molecule has 2 atom stereocenters. The Morgan fingerprint density at radius 1 is 1.11 bits per heavy atom. The molecule has 5 nitrogen and oxygen atoms in total. The Morgan fingerprint density at radius 2 is 1.78 bits per heavy atom. The monoisotopic (exact) mass is 505 g/mol. The predicted octanol–water partition coefficient (Wildman–Crippen LogP) is 2.98. The number of nitrogens with zero attached hydrogens (tertiary/aromatic N) is 3. The molecule has 27 heavy (non-hydrogen) atoms. The van der Waals surface area contributed by atoms with Crippen molar-refractivity contribution in [2.24, 2.45) is 4.99 Å². The first-order valence-corrected chi connectivity index (χ1v) is 10.6. The van der Waals surface area contributed by atoms with Crippen LogP contribution in [0.1, 0.15) is 20.8 Å². The van der Waals surface area contributed by atoms with Gasteiger partial charge in [0.1, 0.15) is 0 Å². The van der Waals surface area contributed by atoms with Crippen LogP contribution in [0.2, 0.25) is 0 Å². The van der Waals surface area contributed by atoms with Crippen LogP contribution in [0, 0.1) is 0 Å². The van der Waals surface area contributed by atoms with Crippen LogP contribution in [0.3, 0.4) is 0 Å². The molecule has 2 N–H and O–H groups in total. The van der Waals surface area contributed by atoms with Gasteiger partial charge in [-0.05, 0) is 33.0 Å².